The molecule has 1 heterocycles. The van der Waals surface area contributed by atoms with Crippen LogP contribution in [0.5, 0.6) is 0 Å². The van der Waals surface area contributed by atoms with Crippen LogP contribution in [0.4, 0.5) is 13.2 Å². The van der Waals surface area contributed by atoms with Gasteiger partial charge >= 0.3 is 6.18 Å². The summed E-state index contributed by atoms with van der Waals surface area (Å²) in [6.45, 7) is 1.98. The molecule has 0 saturated heterocycles. The third-order valence-electron chi connectivity index (χ3n) is 4.11. The highest BCUT2D eigenvalue weighted by molar-refractivity contribution is 5.87. The summed E-state index contributed by atoms with van der Waals surface area (Å²) in [5.41, 5.74) is 0.881. The minimum Gasteiger partial charge on any atom is -0.247 e. The maximum atomic E-state index is 13.9. The normalized spacial score (nSPS) is 11.8. The van der Waals surface area contributed by atoms with Gasteiger partial charge in [-0.25, -0.2) is 4.98 Å². The van der Waals surface area contributed by atoms with E-state index in [1.807, 2.05) is 6.92 Å². The molecule has 0 fully saturated rings. The molecule has 1 nitrogen and oxygen atoms in total. The second kappa shape index (κ2) is 6.63. The number of hydrogen-bond acceptors (Lipinski definition) is 1. The van der Waals surface area contributed by atoms with Crippen molar-refractivity contribution in [1.82, 2.24) is 4.98 Å². The van der Waals surface area contributed by atoms with Crippen LogP contribution in [0, 0.1) is 0 Å². The quantitative estimate of drug-likeness (QED) is 0.550. The van der Waals surface area contributed by atoms with Crippen molar-refractivity contribution in [3.63, 3.8) is 0 Å². The maximum absolute atomic E-state index is 13.9. The Kier molecular flexibility index (Phi) is 4.56. The van der Waals surface area contributed by atoms with Crippen LogP contribution in [0.1, 0.15) is 30.9 Å². The van der Waals surface area contributed by atoms with E-state index in [1.54, 1.807) is 54.6 Å². The van der Waals surface area contributed by atoms with Gasteiger partial charge in [-0.1, -0.05) is 61.9 Å². The fourth-order valence-electron chi connectivity index (χ4n) is 3.00. The lowest BCUT2D eigenvalue weighted by molar-refractivity contribution is -0.137. The Morgan fingerprint density at radius 2 is 1.58 bits per heavy atom. The number of fused-ring (bicyclic) bond motifs is 1. The molecular formula is C20H18F3N. The minimum absolute atomic E-state index is 0.0212. The van der Waals surface area contributed by atoms with Crippen molar-refractivity contribution in [2.45, 2.75) is 32.4 Å². The van der Waals surface area contributed by atoms with Crippen LogP contribution in [-0.4, -0.2) is 4.98 Å². The Bertz CT molecular complexity index is 839. The molecule has 0 saturated carbocycles. The number of benzene rings is 2. The van der Waals surface area contributed by atoms with Crippen molar-refractivity contribution in [3.05, 3.63) is 65.7 Å². The van der Waals surface area contributed by atoms with E-state index >= 15 is 0 Å². The van der Waals surface area contributed by atoms with E-state index in [9.17, 15) is 13.2 Å². The summed E-state index contributed by atoms with van der Waals surface area (Å²) in [5.74, 6) is 0. The van der Waals surface area contributed by atoms with Gasteiger partial charge in [-0.3, -0.25) is 0 Å². The molecule has 0 N–H and O–H groups in total. The van der Waals surface area contributed by atoms with Gasteiger partial charge in [-0.05, 0) is 24.5 Å². The van der Waals surface area contributed by atoms with Gasteiger partial charge in [0.2, 0.25) is 0 Å². The standard InChI is InChI=1S/C20H18F3N/c1-2-3-11-16-15-12-7-8-13-17(15)24-19(18(16)20(21,22)23)14-9-5-4-6-10-14/h4-10,12-13H,2-3,11H2,1H3. The largest absolute Gasteiger partial charge is 0.418 e. The lowest BCUT2D eigenvalue weighted by Crippen LogP contribution is -2.13. The summed E-state index contributed by atoms with van der Waals surface area (Å²) in [7, 11) is 0. The summed E-state index contributed by atoms with van der Waals surface area (Å²) in [4.78, 5) is 4.36. The summed E-state index contributed by atoms with van der Waals surface area (Å²) >= 11 is 0. The molecule has 0 aliphatic carbocycles. The molecular weight excluding hydrogens is 311 g/mol. The SMILES string of the molecule is CCCCc1c(C(F)(F)F)c(-c2ccccc2)nc2ccccc12. The van der Waals surface area contributed by atoms with Gasteiger partial charge in [0.05, 0.1) is 16.8 Å². The lowest BCUT2D eigenvalue weighted by Gasteiger charge is -2.19. The third-order valence-corrected chi connectivity index (χ3v) is 4.11. The van der Waals surface area contributed by atoms with Crippen LogP contribution in [0.25, 0.3) is 22.2 Å². The second-order valence-corrected chi connectivity index (χ2v) is 5.80. The van der Waals surface area contributed by atoms with Gasteiger partial charge in [-0.2, -0.15) is 13.2 Å². The highest BCUT2D eigenvalue weighted by Crippen LogP contribution is 2.41. The molecule has 3 rings (SSSR count). The van der Waals surface area contributed by atoms with Crippen molar-refractivity contribution < 1.29 is 13.2 Å². The van der Waals surface area contributed by atoms with Crippen molar-refractivity contribution >= 4 is 10.9 Å². The van der Waals surface area contributed by atoms with Gasteiger partial charge in [0.15, 0.2) is 0 Å². The molecule has 3 aromatic rings. The highest BCUT2D eigenvalue weighted by Gasteiger charge is 2.38. The molecule has 0 bridgehead atoms. The number of rotatable bonds is 4. The lowest BCUT2D eigenvalue weighted by atomic mass is 9.93. The Morgan fingerprint density at radius 3 is 2.25 bits per heavy atom. The predicted molar refractivity (Wildman–Crippen MR) is 90.8 cm³/mol. The second-order valence-electron chi connectivity index (χ2n) is 5.80. The molecule has 0 aliphatic rings. The predicted octanol–water partition coefficient (Wildman–Crippen LogP) is 6.26. The molecule has 0 spiro atoms. The number of para-hydroxylation sites is 1. The Balaban J connectivity index is 2.37. The van der Waals surface area contributed by atoms with Crippen LogP contribution in [0.2, 0.25) is 0 Å². The smallest absolute Gasteiger partial charge is 0.247 e. The van der Waals surface area contributed by atoms with Crippen molar-refractivity contribution in [2.75, 3.05) is 0 Å². The van der Waals surface area contributed by atoms with Crippen LogP contribution in [0.3, 0.4) is 0 Å². The topological polar surface area (TPSA) is 12.9 Å². The maximum Gasteiger partial charge on any atom is 0.418 e. The van der Waals surface area contributed by atoms with Crippen LogP contribution >= 0.6 is 0 Å². The van der Waals surface area contributed by atoms with Gasteiger partial charge in [0.1, 0.15) is 0 Å². The molecule has 0 aliphatic heterocycles. The summed E-state index contributed by atoms with van der Waals surface area (Å²) in [5, 5.41) is 0.595. The number of alkyl halides is 3. The third kappa shape index (κ3) is 3.14. The van der Waals surface area contributed by atoms with E-state index in [0.29, 0.717) is 34.9 Å². The molecule has 4 heteroatoms. The molecule has 24 heavy (non-hydrogen) atoms. The average Bonchev–Trinajstić information content (AvgIpc) is 2.58. The zero-order valence-electron chi connectivity index (χ0n) is 13.4. The Morgan fingerprint density at radius 1 is 0.917 bits per heavy atom. The van der Waals surface area contributed by atoms with Crippen LogP contribution in [0.15, 0.2) is 54.6 Å². The number of aromatic nitrogens is 1. The van der Waals surface area contributed by atoms with Crippen molar-refractivity contribution in [3.8, 4) is 11.3 Å². The van der Waals surface area contributed by atoms with E-state index < -0.39 is 11.7 Å². The average molecular weight is 329 g/mol. The summed E-state index contributed by atoms with van der Waals surface area (Å²) in [6, 6.07) is 15.7. The van der Waals surface area contributed by atoms with Gasteiger partial charge in [-0.15, -0.1) is 0 Å². The van der Waals surface area contributed by atoms with E-state index in [4.69, 9.17) is 0 Å². The van der Waals surface area contributed by atoms with Gasteiger partial charge < -0.3 is 0 Å². The first-order valence-corrected chi connectivity index (χ1v) is 8.06. The monoisotopic (exact) mass is 329 g/mol. The van der Waals surface area contributed by atoms with Gasteiger partial charge in [0, 0.05) is 10.9 Å². The summed E-state index contributed by atoms with van der Waals surface area (Å²) in [6.07, 6.45) is -2.49. The zero-order valence-corrected chi connectivity index (χ0v) is 13.4. The first-order chi connectivity index (χ1) is 11.5. The Hall–Kier alpha value is -2.36. The number of nitrogens with zero attached hydrogens (tertiary/aromatic N) is 1. The zero-order chi connectivity index (χ0) is 17.2. The first-order valence-electron chi connectivity index (χ1n) is 8.06. The molecule has 0 unspecified atom stereocenters. The molecule has 2 aromatic carbocycles. The first kappa shape index (κ1) is 16.5. The van der Waals surface area contributed by atoms with E-state index in [-0.39, 0.29) is 5.69 Å². The number of aryl methyl sites for hydroxylation is 1. The summed E-state index contributed by atoms with van der Waals surface area (Å²) < 4.78 is 41.7. The molecule has 1 aromatic heterocycles. The number of pyridine rings is 1. The molecule has 0 atom stereocenters. The van der Waals surface area contributed by atoms with Gasteiger partial charge in [0.25, 0.3) is 0 Å². The van der Waals surface area contributed by atoms with E-state index in [1.165, 1.54) is 0 Å². The van der Waals surface area contributed by atoms with Crippen molar-refractivity contribution in [2.24, 2.45) is 0 Å². The van der Waals surface area contributed by atoms with Crippen LogP contribution in [-0.2, 0) is 12.6 Å². The number of halogens is 3. The van der Waals surface area contributed by atoms with E-state index in [2.05, 4.69) is 4.98 Å². The number of unbranched alkanes of at least 4 members (excludes halogenated alkanes) is 1. The van der Waals surface area contributed by atoms with Crippen LogP contribution < -0.4 is 0 Å². The molecule has 0 radical (unpaired) electrons. The molecule has 124 valence electrons. The fraction of sp³-hybridized carbons (Fsp3) is 0.250. The Labute approximate surface area is 139 Å². The van der Waals surface area contributed by atoms with E-state index in [0.717, 1.165) is 6.42 Å². The number of hydrogen-bond donors (Lipinski definition) is 0. The minimum atomic E-state index is -4.44. The van der Waals surface area contributed by atoms with Crippen molar-refractivity contribution in [1.29, 1.82) is 0 Å². The fourth-order valence-corrected chi connectivity index (χ4v) is 3.00. The highest BCUT2D eigenvalue weighted by atomic mass is 19.4. The molecule has 0 amide bonds.